The maximum atomic E-state index is 10.7. The quantitative estimate of drug-likeness (QED) is 0.856. The predicted octanol–water partition coefficient (Wildman–Crippen LogP) is 1.32. The first-order chi connectivity index (χ1) is 8.25. The number of hydrogen-bond donors (Lipinski definition) is 1. The number of nitrogens with zero attached hydrogens (tertiary/aromatic N) is 3. The summed E-state index contributed by atoms with van der Waals surface area (Å²) in [5.74, 6) is -0.549. The van der Waals surface area contributed by atoms with Crippen molar-refractivity contribution in [3.05, 3.63) is 30.3 Å². The molecular weight excluding hydrogens is 222 g/mol. The van der Waals surface area contributed by atoms with Crippen LogP contribution in [0.4, 0.5) is 0 Å². The Morgan fingerprint density at radius 1 is 1.47 bits per heavy atom. The van der Waals surface area contributed by atoms with Crippen molar-refractivity contribution in [1.29, 1.82) is 0 Å². The molecular formula is C11H9N3O3. The fourth-order valence-electron chi connectivity index (χ4n) is 1.73. The minimum atomic E-state index is -0.812. The molecule has 2 aromatic heterocycles. The van der Waals surface area contributed by atoms with Crippen LogP contribution in [0.25, 0.3) is 11.5 Å². The van der Waals surface area contributed by atoms with Gasteiger partial charge >= 0.3 is 5.97 Å². The van der Waals surface area contributed by atoms with Crippen LogP contribution < -0.4 is 0 Å². The van der Waals surface area contributed by atoms with E-state index in [1.165, 1.54) is 0 Å². The summed E-state index contributed by atoms with van der Waals surface area (Å²) < 4.78 is 5.06. The average molecular weight is 231 g/mol. The van der Waals surface area contributed by atoms with Gasteiger partial charge in [0, 0.05) is 6.20 Å². The van der Waals surface area contributed by atoms with Crippen molar-refractivity contribution in [1.82, 2.24) is 15.1 Å². The minimum Gasteiger partial charge on any atom is -0.481 e. The summed E-state index contributed by atoms with van der Waals surface area (Å²) in [5.41, 5.74) is 0.620. The second kappa shape index (κ2) is 3.65. The summed E-state index contributed by atoms with van der Waals surface area (Å²) in [6, 6.07) is 5.40. The van der Waals surface area contributed by atoms with E-state index in [1.807, 2.05) is 6.07 Å². The van der Waals surface area contributed by atoms with Crippen LogP contribution in [-0.2, 0) is 4.79 Å². The predicted molar refractivity (Wildman–Crippen MR) is 56.0 cm³/mol. The SMILES string of the molecule is O=C(O)[C@@H]1C[C@@H]1c1nc(-c2ccccn2)no1. The number of aromatic nitrogens is 3. The molecule has 3 rings (SSSR count). The van der Waals surface area contributed by atoms with Gasteiger partial charge in [0.05, 0.1) is 11.8 Å². The van der Waals surface area contributed by atoms with Gasteiger partial charge in [-0.1, -0.05) is 11.2 Å². The molecule has 0 aliphatic heterocycles. The summed E-state index contributed by atoms with van der Waals surface area (Å²) in [6.45, 7) is 0. The Hall–Kier alpha value is -2.24. The lowest BCUT2D eigenvalue weighted by Gasteiger charge is -1.89. The van der Waals surface area contributed by atoms with Gasteiger partial charge in [-0.3, -0.25) is 9.78 Å². The van der Waals surface area contributed by atoms with E-state index in [0.717, 1.165) is 0 Å². The van der Waals surface area contributed by atoms with Crippen LogP contribution in [-0.4, -0.2) is 26.2 Å². The first-order valence-electron chi connectivity index (χ1n) is 5.23. The Bertz CT molecular complexity index is 552. The zero-order chi connectivity index (χ0) is 11.8. The highest BCUT2D eigenvalue weighted by atomic mass is 16.5. The maximum Gasteiger partial charge on any atom is 0.307 e. The van der Waals surface area contributed by atoms with Gasteiger partial charge in [-0.25, -0.2) is 0 Å². The van der Waals surface area contributed by atoms with Crippen molar-refractivity contribution in [3.63, 3.8) is 0 Å². The molecule has 0 unspecified atom stereocenters. The van der Waals surface area contributed by atoms with Gasteiger partial charge in [-0.15, -0.1) is 0 Å². The van der Waals surface area contributed by atoms with E-state index < -0.39 is 5.97 Å². The second-order valence-electron chi connectivity index (χ2n) is 3.96. The number of carbonyl (C=O) groups is 1. The third-order valence-corrected chi connectivity index (χ3v) is 2.76. The Morgan fingerprint density at radius 3 is 3.00 bits per heavy atom. The number of hydrogen-bond acceptors (Lipinski definition) is 5. The highest BCUT2D eigenvalue weighted by Gasteiger charge is 2.48. The summed E-state index contributed by atoms with van der Waals surface area (Å²) in [6.07, 6.45) is 2.21. The lowest BCUT2D eigenvalue weighted by atomic mass is 10.3. The van der Waals surface area contributed by atoms with Crippen molar-refractivity contribution in [2.45, 2.75) is 12.3 Å². The molecule has 1 saturated carbocycles. The van der Waals surface area contributed by atoms with E-state index in [1.54, 1.807) is 18.3 Å². The summed E-state index contributed by atoms with van der Waals surface area (Å²) >= 11 is 0. The van der Waals surface area contributed by atoms with Crippen molar-refractivity contribution in [3.8, 4) is 11.5 Å². The van der Waals surface area contributed by atoms with Crippen molar-refractivity contribution in [2.75, 3.05) is 0 Å². The van der Waals surface area contributed by atoms with Crippen LogP contribution in [0.5, 0.6) is 0 Å². The van der Waals surface area contributed by atoms with Crippen LogP contribution in [0.15, 0.2) is 28.9 Å². The number of carboxylic acid groups (broad SMARTS) is 1. The van der Waals surface area contributed by atoms with Crippen LogP contribution in [0, 0.1) is 5.92 Å². The number of pyridine rings is 1. The number of rotatable bonds is 3. The molecule has 2 atom stereocenters. The van der Waals surface area contributed by atoms with Gasteiger partial charge in [0.25, 0.3) is 0 Å². The van der Waals surface area contributed by atoms with E-state index in [-0.39, 0.29) is 11.8 Å². The normalized spacial score (nSPS) is 22.4. The average Bonchev–Trinajstić information content (AvgIpc) is 3.01. The maximum absolute atomic E-state index is 10.7. The first kappa shape index (κ1) is 9.95. The molecule has 6 nitrogen and oxygen atoms in total. The smallest absolute Gasteiger partial charge is 0.307 e. The molecule has 86 valence electrons. The van der Waals surface area contributed by atoms with Gasteiger partial charge in [-0.05, 0) is 18.6 Å². The molecule has 2 aromatic rings. The topological polar surface area (TPSA) is 89.1 Å². The number of aliphatic carboxylic acids is 1. The van der Waals surface area contributed by atoms with E-state index in [2.05, 4.69) is 15.1 Å². The molecule has 0 spiro atoms. The van der Waals surface area contributed by atoms with E-state index in [0.29, 0.717) is 23.8 Å². The molecule has 17 heavy (non-hydrogen) atoms. The van der Waals surface area contributed by atoms with Crippen molar-refractivity contribution in [2.24, 2.45) is 5.92 Å². The zero-order valence-corrected chi connectivity index (χ0v) is 8.78. The lowest BCUT2D eigenvalue weighted by Crippen LogP contribution is -1.98. The third kappa shape index (κ3) is 1.77. The van der Waals surface area contributed by atoms with Crippen LogP contribution in [0.1, 0.15) is 18.2 Å². The van der Waals surface area contributed by atoms with Gasteiger partial charge < -0.3 is 9.63 Å². The van der Waals surface area contributed by atoms with Crippen LogP contribution in [0.3, 0.4) is 0 Å². The van der Waals surface area contributed by atoms with Crippen molar-refractivity contribution < 1.29 is 14.4 Å². The Kier molecular flexibility index (Phi) is 2.14. The highest BCUT2D eigenvalue weighted by Crippen LogP contribution is 2.47. The molecule has 1 fully saturated rings. The molecule has 1 aliphatic rings. The Morgan fingerprint density at radius 2 is 2.35 bits per heavy atom. The summed E-state index contributed by atoms with van der Waals surface area (Å²) in [7, 11) is 0. The summed E-state index contributed by atoms with van der Waals surface area (Å²) in [5, 5.41) is 12.6. The largest absolute Gasteiger partial charge is 0.481 e. The second-order valence-corrected chi connectivity index (χ2v) is 3.96. The fourth-order valence-corrected chi connectivity index (χ4v) is 1.73. The molecule has 6 heteroatoms. The minimum absolute atomic E-state index is 0.141. The van der Waals surface area contributed by atoms with Crippen LogP contribution in [0.2, 0.25) is 0 Å². The Labute approximate surface area is 96.3 Å². The third-order valence-electron chi connectivity index (χ3n) is 2.76. The molecule has 0 aromatic carbocycles. The van der Waals surface area contributed by atoms with Crippen LogP contribution >= 0.6 is 0 Å². The molecule has 2 heterocycles. The van der Waals surface area contributed by atoms with Gasteiger partial charge in [0.2, 0.25) is 11.7 Å². The highest BCUT2D eigenvalue weighted by molar-refractivity contribution is 5.74. The summed E-state index contributed by atoms with van der Waals surface area (Å²) in [4.78, 5) is 19.0. The monoisotopic (exact) mass is 231 g/mol. The van der Waals surface area contributed by atoms with Gasteiger partial charge in [-0.2, -0.15) is 4.98 Å². The van der Waals surface area contributed by atoms with Crippen molar-refractivity contribution >= 4 is 5.97 Å². The molecule has 1 N–H and O–H groups in total. The molecule has 0 saturated heterocycles. The first-order valence-corrected chi connectivity index (χ1v) is 5.23. The van der Waals surface area contributed by atoms with Gasteiger partial charge in [0.15, 0.2) is 0 Å². The molecule has 0 amide bonds. The molecule has 0 radical (unpaired) electrons. The molecule has 1 aliphatic carbocycles. The van der Waals surface area contributed by atoms with E-state index in [4.69, 9.17) is 9.63 Å². The molecule has 0 bridgehead atoms. The van der Waals surface area contributed by atoms with E-state index in [9.17, 15) is 4.79 Å². The standard InChI is InChI=1S/C11H9N3O3/c15-11(16)7-5-6(7)10-13-9(14-17-10)8-3-1-2-4-12-8/h1-4,6-7H,5H2,(H,15,16)/t6-,7+/m0/s1. The fraction of sp³-hybridized carbons (Fsp3) is 0.273. The zero-order valence-electron chi connectivity index (χ0n) is 8.78. The number of carboxylic acids is 1. The van der Waals surface area contributed by atoms with Gasteiger partial charge in [0.1, 0.15) is 5.69 Å². The lowest BCUT2D eigenvalue weighted by molar-refractivity contribution is -0.138. The van der Waals surface area contributed by atoms with E-state index >= 15 is 0 Å². The Balaban J connectivity index is 1.83.